The topological polar surface area (TPSA) is 49.3 Å². The van der Waals surface area contributed by atoms with E-state index in [1.165, 1.54) is 25.7 Å². The van der Waals surface area contributed by atoms with Crippen molar-refractivity contribution in [3.63, 3.8) is 0 Å². The Kier molecular flexibility index (Phi) is 4.10. The number of carbonyl (C=O) groups excluding carboxylic acids is 1. The molecule has 2 N–H and O–H groups in total. The number of rotatable bonds is 1. The largest absolute Gasteiger partial charge is 0.393 e. The molecule has 1 amide bonds. The number of amides is 1. The molecule has 0 radical (unpaired) electrons. The predicted octanol–water partition coefficient (Wildman–Crippen LogP) is 4.06. The maximum absolute atomic E-state index is 11.8. The van der Waals surface area contributed by atoms with E-state index in [0.717, 1.165) is 37.0 Å². The number of aliphatic hydroxyl groups is 1. The Bertz CT molecular complexity index is 599. The van der Waals surface area contributed by atoms with Gasteiger partial charge in [-0.2, -0.15) is 0 Å². The summed E-state index contributed by atoms with van der Waals surface area (Å²) in [7, 11) is 0. The first-order chi connectivity index (χ1) is 11.8. The molecule has 3 saturated carbocycles. The molecule has 0 aliphatic heterocycles. The molecule has 0 saturated heterocycles. The lowest BCUT2D eigenvalue weighted by molar-refractivity contribution is -0.121. The van der Waals surface area contributed by atoms with Crippen molar-refractivity contribution in [1.82, 2.24) is 5.32 Å². The standard InChI is InChI=1S/C22H35NO2/c1-13-11-19-17-6-5-15-12-16(25)7-9-21(15,3)18(17)8-10-22(19,4)20(13)23-14(2)24/h5,13,16-20,25H,6-12H2,1-4H3,(H,23,24)/t13-,16-,17-,18+,19+,20-,21+,22+/m1/s1. The highest BCUT2D eigenvalue weighted by Gasteiger charge is 2.60. The molecule has 140 valence electrons. The fourth-order valence-corrected chi connectivity index (χ4v) is 7.53. The van der Waals surface area contributed by atoms with Gasteiger partial charge in [-0.15, -0.1) is 0 Å². The van der Waals surface area contributed by atoms with Crippen LogP contribution in [0.25, 0.3) is 0 Å². The summed E-state index contributed by atoms with van der Waals surface area (Å²) >= 11 is 0. The first-order valence-corrected chi connectivity index (χ1v) is 10.4. The third-order valence-corrected chi connectivity index (χ3v) is 8.78. The van der Waals surface area contributed by atoms with Crippen LogP contribution in [-0.2, 0) is 4.79 Å². The average molecular weight is 346 g/mol. The van der Waals surface area contributed by atoms with Crippen LogP contribution in [0.5, 0.6) is 0 Å². The van der Waals surface area contributed by atoms with Crippen LogP contribution in [-0.4, -0.2) is 23.2 Å². The Morgan fingerprint density at radius 3 is 2.72 bits per heavy atom. The minimum absolute atomic E-state index is 0.125. The molecule has 0 aromatic heterocycles. The molecule has 25 heavy (non-hydrogen) atoms. The van der Waals surface area contributed by atoms with Crippen LogP contribution in [0.2, 0.25) is 0 Å². The normalized spacial score (nSPS) is 51.8. The third kappa shape index (κ3) is 2.52. The van der Waals surface area contributed by atoms with Gasteiger partial charge in [0, 0.05) is 13.0 Å². The second-order valence-electron chi connectivity index (χ2n) is 10.1. The van der Waals surface area contributed by atoms with E-state index in [-0.39, 0.29) is 17.4 Å². The molecule has 4 aliphatic rings. The van der Waals surface area contributed by atoms with Crippen molar-refractivity contribution in [3.05, 3.63) is 11.6 Å². The molecule has 0 spiro atoms. The molecule has 3 nitrogen and oxygen atoms in total. The second kappa shape index (κ2) is 5.84. The molecule has 4 aliphatic carbocycles. The summed E-state index contributed by atoms with van der Waals surface area (Å²) in [5.41, 5.74) is 2.10. The molecule has 4 rings (SSSR count). The number of nitrogens with one attached hydrogen (secondary N) is 1. The fourth-order valence-electron chi connectivity index (χ4n) is 7.53. The summed E-state index contributed by atoms with van der Waals surface area (Å²) in [6.07, 6.45) is 10.3. The first-order valence-electron chi connectivity index (χ1n) is 10.4. The molecular formula is C22H35NO2. The van der Waals surface area contributed by atoms with Gasteiger partial charge < -0.3 is 10.4 Å². The number of hydrogen-bond acceptors (Lipinski definition) is 2. The van der Waals surface area contributed by atoms with Crippen molar-refractivity contribution in [2.75, 3.05) is 0 Å². The van der Waals surface area contributed by atoms with Crippen LogP contribution in [0, 0.1) is 34.5 Å². The third-order valence-electron chi connectivity index (χ3n) is 8.78. The van der Waals surface area contributed by atoms with Gasteiger partial charge in [-0.1, -0.05) is 32.4 Å². The van der Waals surface area contributed by atoms with E-state index in [2.05, 4.69) is 32.2 Å². The molecule has 8 atom stereocenters. The molecular weight excluding hydrogens is 310 g/mol. The maximum Gasteiger partial charge on any atom is 0.217 e. The predicted molar refractivity (Wildman–Crippen MR) is 99.9 cm³/mol. The van der Waals surface area contributed by atoms with Gasteiger partial charge in [0.05, 0.1) is 6.10 Å². The second-order valence-corrected chi connectivity index (χ2v) is 10.1. The Labute approximate surface area is 152 Å². The van der Waals surface area contributed by atoms with Gasteiger partial charge in [0.2, 0.25) is 5.91 Å². The summed E-state index contributed by atoms with van der Waals surface area (Å²) in [5, 5.41) is 13.4. The van der Waals surface area contributed by atoms with Crippen LogP contribution < -0.4 is 5.32 Å². The van der Waals surface area contributed by atoms with E-state index in [9.17, 15) is 9.90 Å². The zero-order chi connectivity index (χ0) is 18.0. The monoisotopic (exact) mass is 345 g/mol. The lowest BCUT2D eigenvalue weighted by Gasteiger charge is -2.58. The molecule has 3 heteroatoms. The highest BCUT2D eigenvalue weighted by molar-refractivity contribution is 5.73. The van der Waals surface area contributed by atoms with Crippen LogP contribution in [0.1, 0.15) is 72.6 Å². The Hall–Kier alpha value is -0.830. The van der Waals surface area contributed by atoms with Crippen molar-refractivity contribution >= 4 is 5.91 Å². The van der Waals surface area contributed by atoms with Crippen molar-refractivity contribution in [3.8, 4) is 0 Å². The maximum atomic E-state index is 11.8. The van der Waals surface area contributed by atoms with E-state index in [1.807, 2.05) is 0 Å². The van der Waals surface area contributed by atoms with Gasteiger partial charge in [0.15, 0.2) is 0 Å². The fraction of sp³-hybridized carbons (Fsp3) is 0.864. The van der Waals surface area contributed by atoms with Gasteiger partial charge in [-0.05, 0) is 79.4 Å². The zero-order valence-corrected chi connectivity index (χ0v) is 16.3. The Morgan fingerprint density at radius 2 is 2.00 bits per heavy atom. The number of allylic oxidation sites excluding steroid dienone is 1. The molecule has 0 aromatic rings. The van der Waals surface area contributed by atoms with E-state index < -0.39 is 0 Å². The summed E-state index contributed by atoms with van der Waals surface area (Å²) in [4.78, 5) is 11.8. The smallest absolute Gasteiger partial charge is 0.217 e. The SMILES string of the molecule is CC(=O)N[C@@H]1[C@H](C)C[C@H]2[C@@H]3CC=C4C[C@H](O)CC[C@]4(C)[C@H]3CC[C@]12C. The molecule has 0 bridgehead atoms. The number of hydrogen-bond donors (Lipinski definition) is 2. The van der Waals surface area contributed by atoms with Crippen molar-refractivity contribution in [2.45, 2.75) is 84.8 Å². The van der Waals surface area contributed by atoms with Crippen molar-refractivity contribution in [1.29, 1.82) is 0 Å². The lowest BCUT2D eigenvalue weighted by atomic mass is 9.48. The summed E-state index contributed by atoms with van der Waals surface area (Å²) in [6, 6.07) is 0.335. The van der Waals surface area contributed by atoms with E-state index in [1.54, 1.807) is 12.5 Å². The van der Waals surface area contributed by atoms with Crippen LogP contribution >= 0.6 is 0 Å². The highest BCUT2D eigenvalue weighted by atomic mass is 16.3. The van der Waals surface area contributed by atoms with E-state index >= 15 is 0 Å². The molecule has 0 heterocycles. The van der Waals surface area contributed by atoms with Crippen LogP contribution in [0.4, 0.5) is 0 Å². The van der Waals surface area contributed by atoms with Gasteiger partial charge in [0.1, 0.15) is 0 Å². The zero-order valence-electron chi connectivity index (χ0n) is 16.3. The number of fused-ring (bicyclic) bond motifs is 5. The average Bonchev–Trinajstić information content (AvgIpc) is 2.79. The molecule has 0 aromatic carbocycles. The number of aliphatic hydroxyl groups excluding tert-OH is 1. The summed E-state index contributed by atoms with van der Waals surface area (Å²) < 4.78 is 0. The molecule has 0 unspecified atom stereocenters. The highest BCUT2D eigenvalue weighted by Crippen LogP contribution is 2.65. The quantitative estimate of drug-likeness (QED) is 0.704. The minimum Gasteiger partial charge on any atom is -0.393 e. The first kappa shape index (κ1) is 17.6. The summed E-state index contributed by atoms with van der Waals surface area (Å²) in [5.74, 6) is 2.94. The van der Waals surface area contributed by atoms with E-state index in [0.29, 0.717) is 17.4 Å². The van der Waals surface area contributed by atoms with Gasteiger partial charge in [0.25, 0.3) is 0 Å². The van der Waals surface area contributed by atoms with Crippen LogP contribution in [0.3, 0.4) is 0 Å². The molecule has 3 fully saturated rings. The van der Waals surface area contributed by atoms with Gasteiger partial charge in [-0.3, -0.25) is 4.79 Å². The minimum atomic E-state index is -0.125. The Morgan fingerprint density at radius 1 is 1.24 bits per heavy atom. The summed E-state index contributed by atoms with van der Waals surface area (Å²) in [6.45, 7) is 8.93. The van der Waals surface area contributed by atoms with Crippen LogP contribution in [0.15, 0.2) is 11.6 Å². The van der Waals surface area contributed by atoms with E-state index in [4.69, 9.17) is 0 Å². The van der Waals surface area contributed by atoms with Gasteiger partial charge >= 0.3 is 0 Å². The number of carbonyl (C=O) groups is 1. The lowest BCUT2D eigenvalue weighted by Crippen LogP contribution is -2.54. The van der Waals surface area contributed by atoms with Crippen molar-refractivity contribution in [2.24, 2.45) is 34.5 Å². The van der Waals surface area contributed by atoms with Crippen molar-refractivity contribution < 1.29 is 9.90 Å². The van der Waals surface area contributed by atoms with Gasteiger partial charge in [-0.25, -0.2) is 0 Å². The Balaban J connectivity index is 1.64.